The van der Waals surface area contributed by atoms with Crippen LogP contribution in [-0.4, -0.2) is 54.3 Å². The maximum Gasteiger partial charge on any atom is 0.273 e. The number of hydrazine groups is 1. The quantitative estimate of drug-likeness (QED) is 0.802. The molecule has 0 radical (unpaired) electrons. The van der Waals surface area contributed by atoms with Crippen LogP contribution in [0.15, 0.2) is 29.2 Å². The fraction of sp³-hybridized carbons (Fsp3) is 0.500. The second-order valence-electron chi connectivity index (χ2n) is 6.85. The summed E-state index contributed by atoms with van der Waals surface area (Å²) in [6.07, 6.45) is 1.88. The van der Waals surface area contributed by atoms with Crippen LogP contribution in [0.5, 0.6) is 0 Å². The average Bonchev–Trinajstić information content (AvgIpc) is 2.93. The highest BCUT2D eigenvalue weighted by Gasteiger charge is 2.32. The van der Waals surface area contributed by atoms with Crippen LogP contribution in [0.25, 0.3) is 0 Å². The van der Waals surface area contributed by atoms with Crippen molar-refractivity contribution in [2.75, 3.05) is 19.3 Å². The predicted octanol–water partition coefficient (Wildman–Crippen LogP) is 1.83. The molecule has 24 heavy (non-hydrogen) atoms. The van der Waals surface area contributed by atoms with Gasteiger partial charge in [-0.1, -0.05) is 12.1 Å². The molecule has 0 bridgehead atoms. The first-order valence-corrected chi connectivity index (χ1v) is 10.0. The van der Waals surface area contributed by atoms with Gasteiger partial charge in [-0.25, -0.2) is 13.4 Å². The lowest BCUT2D eigenvalue weighted by atomic mass is 10.1. The molecule has 0 unspecified atom stereocenters. The standard InChI is InChI=1S/C16H23N3O3S2/c1-16(2,3)17-15(23)19-11-7-10-18(19)14(20)12-8-5-6-9-13(12)24(4,21)22/h5-6,8-9H,7,10-11H2,1-4H3,(H,17,23). The third-order valence-electron chi connectivity index (χ3n) is 3.50. The summed E-state index contributed by atoms with van der Waals surface area (Å²) < 4.78 is 23.9. The molecule has 1 amide bonds. The van der Waals surface area contributed by atoms with Gasteiger partial charge in [0, 0.05) is 24.9 Å². The van der Waals surface area contributed by atoms with E-state index in [1.54, 1.807) is 17.1 Å². The van der Waals surface area contributed by atoms with E-state index in [1.165, 1.54) is 17.1 Å². The molecule has 1 aliphatic heterocycles. The number of rotatable bonds is 2. The van der Waals surface area contributed by atoms with E-state index in [4.69, 9.17) is 12.2 Å². The minimum atomic E-state index is -3.49. The summed E-state index contributed by atoms with van der Waals surface area (Å²) >= 11 is 5.42. The average molecular weight is 370 g/mol. The fourth-order valence-corrected chi connectivity index (χ4v) is 3.90. The van der Waals surface area contributed by atoms with E-state index >= 15 is 0 Å². The lowest BCUT2D eigenvalue weighted by Crippen LogP contribution is -2.53. The number of nitrogens with zero attached hydrogens (tertiary/aromatic N) is 2. The highest BCUT2D eigenvalue weighted by molar-refractivity contribution is 7.90. The van der Waals surface area contributed by atoms with E-state index in [0.29, 0.717) is 18.2 Å². The summed E-state index contributed by atoms with van der Waals surface area (Å²) in [5.74, 6) is -0.355. The summed E-state index contributed by atoms with van der Waals surface area (Å²) in [4.78, 5) is 13.0. The number of benzene rings is 1. The van der Waals surface area contributed by atoms with Gasteiger partial charge in [0.2, 0.25) is 0 Å². The minimum Gasteiger partial charge on any atom is -0.357 e. The highest BCUT2D eigenvalue weighted by atomic mass is 32.2. The molecule has 1 heterocycles. The second kappa shape index (κ2) is 6.68. The molecule has 6 nitrogen and oxygen atoms in total. The molecule has 1 aromatic rings. The number of amides is 1. The first-order chi connectivity index (χ1) is 11.0. The third-order valence-corrected chi connectivity index (χ3v) is 4.97. The normalized spacial score (nSPS) is 15.5. The highest BCUT2D eigenvalue weighted by Crippen LogP contribution is 2.21. The van der Waals surface area contributed by atoms with Gasteiger partial charge in [0.15, 0.2) is 14.9 Å². The summed E-state index contributed by atoms with van der Waals surface area (Å²) in [6.45, 7) is 7.08. The molecule has 8 heteroatoms. The topological polar surface area (TPSA) is 69.7 Å². The monoisotopic (exact) mass is 369 g/mol. The van der Waals surface area contributed by atoms with Gasteiger partial charge in [-0.15, -0.1) is 0 Å². The zero-order valence-corrected chi connectivity index (χ0v) is 16.0. The Hall–Kier alpha value is -1.67. The number of carbonyl (C=O) groups excluding carboxylic acids is 1. The Balaban J connectivity index is 2.31. The fourth-order valence-electron chi connectivity index (χ4n) is 2.53. The first-order valence-electron chi connectivity index (χ1n) is 7.71. The lowest BCUT2D eigenvalue weighted by molar-refractivity contribution is 0.0483. The molecule has 1 fully saturated rings. The van der Waals surface area contributed by atoms with Gasteiger partial charge in [-0.05, 0) is 51.5 Å². The second-order valence-corrected chi connectivity index (χ2v) is 9.22. The maximum absolute atomic E-state index is 12.9. The van der Waals surface area contributed by atoms with Crippen LogP contribution < -0.4 is 5.32 Å². The van der Waals surface area contributed by atoms with Crippen molar-refractivity contribution in [3.05, 3.63) is 29.8 Å². The Labute approximate surface area is 148 Å². The molecule has 1 N–H and O–H groups in total. The number of nitrogens with one attached hydrogen (secondary N) is 1. The van der Waals surface area contributed by atoms with E-state index < -0.39 is 9.84 Å². The Morgan fingerprint density at radius 1 is 1.17 bits per heavy atom. The molecule has 0 saturated carbocycles. The van der Waals surface area contributed by atoms with Crippen LogP contribution >= 0.6 is 12.2 Å². The van der Waals surface area contributed by atoms with Crippen LogP contribution in [0.3, 0.4) is 0 Å². The predicted molar refractivity (Wildman–Crippen MR) is 97.4 cm³/mol. The van der Waals surface area contributed by atoms with Crippen molar-refractivity contribution < 1.29 is 13.2 Å². The smallest absolute Gasteiger partial charge is 0.273 e. The lowest BCUT2D eigenvalue weighted by Gasteiger charge is -2.34. The van der Waals surface area contributed by atoms with Gasteiger partial charge in [0.25, 0.3) is 5.91 Å². The number of thiocarbonyl (C=S) groups is 1. The SMILES string of the molecule is CC(C)(C)NC(=S)N1CCCN1C(=O)c1ccccc1S(C)(=O)=O. The van der Waals surface area contributed by atoms with Gasteiger partial charge in [0.1, 0.15) is 0 Å². The van der Waals surface area contributed by atoms with Crippen molar-refractivity contribution in [2.24, 2.45) is 0 Å². The van der Waals surface area contributed by atoms with Crippen LogP contribution in [0.4, 0.5) is 0 Å². The van der Waals surface area contributed by atoms with Crippen LogP contribution in [-0.2, 0) is 9.84 Å². The van der Waals surface area contributed by atoms with Crippen LogP contribution in [0.2, 0.25) is 0 Å². The van der Waals surface area contributed by atoms with Crippen molar-refractivity contribution in [2.45, 2.75) is 37.6 Å². The van der Waals surface area contributed by atoms with Crippen molar-refractivity contribution in [3.63, 3.8) is 0 Å². The van der Waals surface area contributed by atoms with Crippen molar-refractivity contribution in [3.8, 4) is 0 Å². The molecule has 0 aliphatic carbocycles. The van der Waals surface area contributed by atoms with Crippen LogP contribution in [0.1, 0.15) is 37.6 Å². The molecule has 0 spiro atoms. The Bertz CT molecular complexity index is 754. The number of sulfone groups is 1. The molecular weight excluding hydrogens is 346 g/mol. The Morgan fingerprint density at radius 3 is 2.33 bits per heavy atom. The van der Waals surface area contributed by atoms with E-state index in [0.717, 1.165) is 12.7 Å². The zero-order valence-electron chi connectivity index (χ0n) is 14.4. The molecule has 0 atom stereocenters. The third kappa shape index (κ3) is 4.24. The minimum absolute atomic E-state index is 0.0385. The molecule has 132 valence electrons. The largest absolute Gasteiger partial charge is 0.357 e. The van der Waals surface area contributed by atoms with E-state index in [1.807, 2.05) is 20.8 Å². The van der Waals surface area contributed by atoms with Crippen molar-refractivity contribution in [1.82, 2.24) is 15.3 Å². The van der Waals surface area contributed by atoms with Gasteiger partial charge >= 0.3 is 0 Å². The van der Waals surface area contributed by atoms with Crippen LogP contribution in [0, 0.1) is 0 Å². The summed E-state index contributed by atoms with van der Waals surface area (Å²) in [5.41, 5.74) is -0.0514. The van der Waals surface area contributed by atoms with Gasteiger partial charge in [-0.2, -0.15) is 0 Å². The summed E-state index contributed by atoms with van der Waals surface area (Å²) in [6, 6.07) is 6.26. The summed E-state index contributed by atoms with van der Waals surface area (Å²) in [5, 5.41) is 6.88. The maximum atomic E-state index is 12.9. The zero-order chi connectivity index (χ0) is 18.1. The van der Waals surface area contributed by atoms with E-state index in [2.05, 4.69) is 5.32 Å². The molecule has 1 aromatic carbocycles. The summed E-state index contributed by atoms with van der Waals surface area (Å²) in [7, 11) is -3.49. The van der Waals surface area contributed by atoms with Crippen molar-refractivity contribution >= 4 is 33.1 Å². The number of hydrogen-bond donors (Lipinski definition) is 1. The molecule has 1 saturated heterocycles. The van der Waals surface area contributed by atoms with E-state index in [-0.39, 0.29) is 21.9 Å². The first kappa shape index (κ1) is 18.7. The van der Waals surface area contributed by atoms with E-state index in [9.17, 15) is 13.2 Å². The Kier molecular flexibility index (Phi) is 5.19. The molecule has 1 aliphatic rings. The van der Waals surface area contributed by atoms with Gasteiger partial charge in [-0.3, -0.25) is 9.80 Å². The van der Waals surface area contributed by atoms with Gasteiger partial charge in [0.05, 0.1) is 10.5 Å². The molecule has 2 rings (SSSR count). The molecular formula is C16H23N3O3S2. The van der Waals surface area contributed by atoms with Crippen molar-refractivity contribution in [1.29, 1.82) is 0 Å². The Morgan fingerprint density at radius 2 is 1.75 bits per heavy atom. The van der Waals surface area contributed by atoms with Gasteiger partial charge < -0.3 is 5.32 Å². The number of hydrogen-bond acceptors (Lipinski definition) is 4. The molecule has 0 aromatic heterocycles. The number of carbonyl (C=O) groups is 1.